The van der Waals surface area contributed by atoms with Crippen molar-refractivity contribution < 1.29 is 57.6 Å². The number of aromatic carboxylic acids is 1. The van der Waals surface area contributed by atoms with Gasteiger partial charge in [-0.25, -0.2) is 13.1 Å². The standard InChI is InChI=1S/C23H38N5O12PS/c29-19(13-24-42(39,40)20-3-1-2-18(12-20)23(34)35)14-25-4-6-26(15-21(30)31)8-10-28(17-41(36,37)38)11-9-27(7-5-25)16-22(32)33/h1-3,12,19,24,29H,4-11,13-17H2,(H,30,31)(H,32,33)(H,34,35)(H2,36,37,38)/p-5. The van der Waals surface area contributed by atoms with Crippen molar-refractivity contribution in [1.29, 1.82) is 0 Å². The number of rotatable bonds is 13. The van der Waals surface area contributed by atoms with Crippen LogP contribution in [0, 0.1) is 0 Å². The highest BCUT2D eigenvalue weighted by molar-refractivity contribution is 7.89. The second-order valence-corrected chi connectivity index (χ2v) is 13.1. The van der Waals surface area contributed by atoms with Crippen LogP contribution < -0.4 is 29.8 Å². The van der Waals surface area contributed by atoms with Gasteiger partial charge >= 0.3 is 0 Å². The largest absolute Gasteiger partial charge is 0.810 e. The molecule has 17 nitrogen and oxygen atoms in total. The number of nitrogens with one attached hydrogen (secondary N) is 1. The number of β-amino-alcohol motifs (C(OH)–C–C–N with tert-alkyl or cyclic N) is 1. The van der Waals surface area contributed by atoms with Crippen LogP contribution in [0.25, 0.3) is 0 Å². The Labute approximate surface area is 243 Å². The first kappa shape index (κ1) is 35.7. The summed E-state index contributed by atoms with van der Waals surface area (Å²) in [5.74, 6) is -4.35. The lowest BCUT2D eigenvalue weighted by Crippen LogP contribution is -2.51. The number of carboxylic acid groups (broad SMARTS) is 3. The van der Waals surface area contributed by atoms with Gasteiger partial charge in [-0.3, -0.25) is 19.6 Å². The molecule has 0 saturated carbocycles. The van der Waals surface area contributed by atoms with Gasteiger partial charge in [0.1, 0.15) is 0 Å². The topological polar surface area (TPSA) is 263 Å². The summed E-state index contributed by atoms with van der Waals surface area (Å²) in [6, 6.07) is 4.47. The first-order valence-electron chi connectivity index (χ1n) is 12.8. The van der Waals surface area contributed by atoms with E-state index in [0.29, 0.717) is 0 Å². The molecule has 1 saturated heterocycles. The molecule has 19 heteroatoms. The highest BCUT2D eigenvalue weighted by atomic mass is 32.2. The summed E-state index contributed by atoms with van der Waals surface area (Å²) >= 11 is 0. The molecule has 1 aromatic rings. The number of aliphatic carboxylic acids is 2. The maximum atomic E-state index is 12.6. The molecule has 0 bridgehead atoms. The molecule has 1 atom stereocenters. The fourth-order valence-electron chi connectivity index (χ4n) is 4.27. The Morgan fingerprint density at radius 2 is 1.33 bits per heavy atom. The Morgan fingerprint density at radius 1 is 0.857 bits per heavy atom. The predicted octanol–water partition coefficient (Wildman–Crippen LogP) is -7.72. The van der Waals surface area contributed by atoms with E-state index in [4.69, 9.17) is 0 Å². The summed E-state index contributed by atoms with van der Waals surface area (Å²) in [6.07, 6.45) is -2.10. The van der Waals surface area contributed by atoms with Crippen molar-refractivity contribution in [2.45, 2.75) is 11.0 Å². The van der Waals surface area contributed by atoms with Crippen LogP contribution in [-0.4, -0.2) is 142 Å². The number of hydrogen-bond acceptors (Lipinski definition) is 16. The van der Waals surface area contributed by atoms with Crippen molar-refractivity contribution in [3.05, 3.63) is 29.8 Å². The van der Waals surface area contributed by atoms with Crippen molar-refractivity contribution in [2.75, 3.05) is 84.8 Å². The third-order valence-corrected chi connectivity index (χ3v) is 8.53. The highest BCUT2D eigenvalue weighted by Gasteiger charge is 2.21. The minimum Gasteiger partial charge on any atom is -0.810 e. The molecule has 0 aliphatic carbocycles. The summed E-state index contributed by atoms with van der Waals surface area (Å²) in [7, 11) is -9.16. The molecule has 1 aromatic carbocycles. The number of hydrogen-bond donors (Lipinski definition) is 2. The average molecular weight is 635 g/mol. The first-order chi connectivity index (χ1) is 19.5. The molecule has 1 aliphatic heterocycles. The van der Waals surface area contributed by atoms with Gasteiger partial charge in [-0.05, 0) is 17.7 Å². The van der Waals surface area contributed by atoms with E-state index < -0.39 is 67.6 Å². The molecule has 0 radical (unpaired) electrons. The van der Waals surface area contributed by atoms with E-state index in [1.807, 2.05) is 0 Å². The quantitative estimate of drug-likeness (QED) is 0.191. The second kappa shape index (κ2) is 16.4. The van der Waals surface area contributed by atoms with Crippen LogP contribution in [0.1, 0.15) is 10.4 Å². The summed E-state index contributed by atoms with van der Waals surface area (Å²) in [5, 5.41) is 44.2. The molecule has 2 rings (SSSR count). The lowest BCUT2D eigenvalue weighted by atomic mass is 10.2. The van der Waals surface area contributed by atoms with E-state index in [-0.39, 0.29) is 69.4 Å². The fraction of sp³-hybridized carbons (Fsp3) is 0.609. The Balaban J connectivity index is 2.13. The van der Waals surface area contributed by atoms with Crippen LogP contribution in [0.4, 0.5) is 0 Å². The number of benzene rings is 1. The van der Waals surface area contributed by atoms with Gasteiger partial charge in [0.15, 0.2) is 0 Å². The maximum Gasteiger partial charge on any atom is 0.240 e. The summed E-state index contributed by atoms with van der Waals surface area (Å²) in [6.45, 7) is -1.03. The van der Waals surface area contributed by atoms with Gasteiger partial charge in [-0.2, -0.15) is 0 Å². The van der Waals surface area contributed by atoms with E-state index in [1.165, 1.54) is 26.8 Å². The molecule has 238 valence electrons. The SMILES string of the molecule is O=C([O-])CN1CCN(CC(O)CNS(=O)(=O)c2cccc(C(=O)[O-])c2)CCN(CC(=O)[O-])CCN(CP(=O)([O-])[O-])CC1. The Morgan fingerprint density at radius 3 is 1.79 bits per heavy atom. The van der Waals surface area contributed by atoms with Crippen molar-refractivity contribution in [2.24, 2.45) is 0 Å². The van der Waals surface area contributed by atoms with Crippen molar-refractivity contribution in [3.63, 3.8) is 0 Å². The molecule has 0 aromatic heterocycles. The molecule has 1 fully saturated rings. The van der Waals surface area contributed by atoms with Gasteiger partial charge in [0, 0.05) is 84.8 Å². The molecule has 42 heavy (non-hydrogen) atoms. The normalized spacial score (nSPS) is 18.5. The second-order valence-electron chi connectivity index (χ2n) is 9.79. The molecule has 1 unspecified atom stereocenters. The predicted molar refractivity (Wildman–Crippen MR) is 135 cm³/mol. The molecule has 0 amide bonds. The lowest BCUT2D eigenvalue weighted by molar-refractivity contribution is -0.316. The molecule has 1 heterocycles. The average Bonchev–Trinajstić information content (AvgIpc) is 2.87. The van der Waals surface area contributed by atoms with Crippen molar-refractivity contribution >= 4 is 35.5 Å². The number of sulfonamides is 1. The first-order valence-corrected chi connectivity index (χ1v) is 16.0. The number of carbonyl (C=O) groups excluding carboxylic acids is 3. The Bertz CT molecular complexity index is 1200. The van der Waals surface area contributed by atoms with E-state index >= 15 is 0 Å². The minimum atomic E-state index is -4.96. The van der Waals surface area contributed by atoms with E-state index in [9.17, 15) is 57.6 Å². The summed E-state index contributed by atoms with van der Waals surface area (Å²) < 4.78 is 38.8. The van der Waals surface area contributed by atoms with E-state index in [2.05, 4.69) is 4.72 Å². The lowest BCUT2D eigenvalue weighted by Gasteiger charge is -2.39. The minimum absolute atomic E-state index is 0.00947. The van der Waals surface area contributed by atoms with Crippen LogP contribution in [0.5, 0.6) is 0 Å². The third-order valence-electron chi connectivity index (χ3n) is 6.37. The van der Waals surface area contributed by atoms with Gasteiger partial charge in [0.2, 0.25) is 10.0 Å². The van der Waals surface area contributed by atoms with Gasteiger partial charge in [-0.1, -0.05) is 19.7 Å². The van der Waals surface area contributed by atoms with Crippen LogP contribution >= 0.6 is 7.60 Å². The Kier molecular flexibility index (Phi) is 13.9. The molecule has 1 aliphatic rings. The summed E-state index contributed by atoms with van der Waals surface area (Å²) in [4.78, 5) is 61.9. The Hall–Kier alpha value is -2.51. The van der Waals surface area contributed by atoms with Gasteiger partial charge in [0.05, 0.1) is 28.9 Å². The smallest absolute Gasteiger partial charge is 0.240 e. The van der Waals surface area contributed by atoms with Gasteiger partial charge < -0.3 is 49.2 Å². The summed E-state index contributed by atoms with van der Waals surface area (Å²) in [5.41, 5.74) is -0.349. The third kappa shape index (κ3) is 13.6. The number of nitrogens with zero attached hydrogens (tertiary/aromatic N) is 4. The van der Waals surface area contributed by atoms with Crippen LogP contribution in [0.2, 0.25) is 0 Å². The fourth-order valence-corrected chi connectivity index (χ4v) is 6.16. The van der Waals surface area contributed by atoms with Gasteiger partial charge in [0.25, 0.3) is 0 Å². The monoisotopic (exact) mass is 634 g/mol. The number of carbonyl (C=O) groups is 3. The van der Waals surface area contributed by atoms with E-state index in [1.54, 1.807) is 4.90 Å². The van der Waals surface area contributed by atoms with Crippen LogP contribution in [0.15, 0.2) is 29.2 Å². The maximum absolute atomic E-state index is 12.6. The van der Waals surface area contributed by atoms with Crippen molar-refractivity contribution in [3.8, 4) is 0 Å². The zero-order chi connectivity index (χ0) is 31.5. The number of aliphatic hydroxyl groups excluding tert-OH is 1. The molecule has 0 spiro atoms. The number of carboxylic acids is 3. The van der Waals surface area contributed by atoms with Gasteiger partial charge in [-0.15, -0.1) is 0 Å². The van der Waals surface area contributed by atoms with Crippen LogP contribution in [0.3, 0.4) is 0 Å². The zero-order valence-electron chi connectivity index (χ0n) is 22.7. The molecular formula is C23H33N5O12PS-5. The highest BCUT2D eigenvalue weighted by Crippen LogP contribution is 2.24. The number of aliphatic hydroxyl groups is 1. The molecular weight excluding hydrogens is 601 g/mol. The van der Waals surface area contributed by atoms with Crippen molar-refractivity contribution in [1.82, 2.24) is 24.3 Å². The van der Waals surface area contributed by atoms with Crippen LogP contribution in [-0.2, 0) is 24.2 Å². The zero-order valence-corrected chi connectivity index (χ0v) is 24.4. The molecule has 2 N–H and O–H groups in total. The van der Waals surface area contributed by atoms with E-state index in [0.717, 1.165) is 12.1 Å².